The van der Waals surface area contributed by atoms with Gasteiger partial charge in [-0.05, 0) is 54.3 Å². The topological polar surface area (TPSA) is 96.7 Å². The van der Waals surface area contributed by atoms with Gasteiger partial charge >= 0.3 is 5.97 Å². The third-order valence-electron chi connectivity index (χ3n) is 4.61. The van der Waals surface area contributed by atoms with Crippen LogP contribution in [0.3, 0.4) is 0 Å². The summed E-state index contributed by atoms with van der Waals surface area (Å²) >= 11 is 1.33. The van der Waals surface area contributed by atoms with Gasteiger partial charge in [0, 0.05) is 23.2 Å². The number of thiophene rings is 1. The first-order chi connectivity index (χ1) is 14.9. The minimum absolute atomic E-state index is 0.0632. The van der Waals surface area contributed by atoms with Crippen LogP contribution in [0.1, 0.15) is 27.7 Å². The van der Waals surface area contributed by atoms with E-state index in [1.54, 1.807) is 48.5 Å². The van der Waals surface area contributed by atoms with Crippen molar-refractivity contribution in [1.29, 1.82) is 0 Å². The molecule has 0 aliphatic heterocycles. The molecule has 0 saturated heterocycles. The van der Waals surface area contributed by atoms with Gasteiger partial charge in [-0.25, -0.2) is 4.79 Å². The van der Waals surface area contributed by atoms with E-state index in [9.17, 15) is 14.7 Å². The second-order valence-corrected chi connectivity index (χ2v) is 7.76. The number of hydrogen-bond acceptors (Lipinski definition) is 6. The number of fused-ring (bicyclic) bond motifs is 1. The number of benzene rings is 2. The number of nitrogens with zero attached hydrogens (tertiary/aromatic N) is 1. The van der Waals surface area contributed by atoms with Crippen LogP contribution in [0.15, 0.2) is 71.7 Å². The Bertz CT molecular complexity index is 1310. The lowest BCUT2D eigenvalue weighted by Crippen LogP contribution is -2.03. The van der Waals surface area contributed by atoms with Crippen molar-refractivity contribution in [3.8, 4) is 17.2 Å². The molecule has 0 aliphatic carbocycles. The number of carboxylic acid groups (broad SMARTS) is 1. The standard InChI is InChI=1S/C24H17NO5S/c1-14(24(28)29)11-15-4-7-17(8-5-15)30-23-18-9-6-16(26)12-20(18)25-13-19(23)22(27)21-3-2-10-31-21/h2-13,26H,1H3,(H,28,29)/b14-11+. The Hall–Kier alpha value is -3.97. The molecule has 0 saturated carbocycles. The molecule has 6 nitrogen and oxygen atoms in total. The first-order valence-corrected chi connectivity index (χ1v) is 10.2. The molecule has 2 aromatic heterocycles. The van der Waals surface area contributed by atoms with Crippen LogP contribution in [-0.4, -0.2) is 26.9 Å². The fourth-order valence-corrected chi connectivity index (χ4v) is 3.71. The van der Waals surface area contributed by atoms with Gasteiger partial charge in [-0.3, -0.25) is 9.78 Å². The van der Waals surface area contributed by atoms with E-state index in [2.05, 4.69) is 4.98 Å². The predicted molar refractivity (Wildman–Crippen MR) is 119 cm³/mol. The molecular formula is C24H17NO5S. The van der Waals surface area contributed by atoms with Gasteiger partial charge in [0.05, 0.1) is 16.0 Å². The molecule has 2 N–H and O–H groups in total. The van der Waals surface area contributed by atoms with Crippen LogP contribution in [-0.2, 0) is 4.79 Å². The summed E-state index contributed by atoms with van der Waals surface area (Å²) in [7, 11) is 0. The molecule has 4 rings (SSSR count). The van der Waals surface area contributed by atoms with Crippen LogP contribution in [0.25, 0.3) is 17.0 Å². The van der Waals surface area contributed by atoms with E-state index in [0.717, 1.165) is 0 Å². The number of aromatic hydroxyl groups is 1. The second kappa shape index (κ2) is 8.41. The number of carbonyl (C=O) groups excluding carboxylic acids is 1. The van der Waals surface area contributed by atoms with Gasteiger partial charge in [0.1, 0.15) is 17.2 Å². The monoisotopic (exact) mass is 431 g/mol. The highest BCUT2D eigenvalue weighted by molar-refractivity contribution is 7.12. The van der Waals surface area contributed by atoms with E-state index in [-0.39, 0.29) is 17.1 Å². The molecule has 0 amide bonds. The van der Waals surface area contributed by atoms with E-state index < -0.39 is 5.97 Å². The van der Waals surface area contributed by atoms with Crippen molar-refractivity contribution in [2.24, 2.45) is 0 Å². The maximum atomic E-state index is 13.0. The summed E-state index contributed by atoms with van der Waals surface area (Å²) in [4.78, 5) is 28.9. The molecule has 0 spiro atoms. The van der Waals surface area contributed by atoms with Gasteiger partial charge in [-0.15, -0.1) is 11.3 Å². The molecule has 31 heavy (non-hydrogen) atoms. The van der Waals surface area contributed by atoms with Crippen LogP contribution in [0, 0.1) is 0 Å². The van der Waals surface area contributed by atoms with Gasteiger partial charge in [-0.1, -0.05) is 18.2 Å². The van der Waals surface area contributed by atoms with Crippen LogP contribution in [0.2, 0.25) is 0 Å². The lowest BCUT2D eigenvalue weighted by atomic mass is 10.1. The highest BCUT2D eigenvalue weighted by Gasteiger charge is 2.20. The van der Waals surface area contributed by atoms with Gasteiger partial charge in [0.25, 0.3) is 0 Å². The third-order valence-corrected chi connectivity index (χ3v) is 5.48. The van der Waals surface area contributed by atoms with Gasteiger partial charge in [0.2, 0.25) is 5.78 Å². The van der Waals surface area contributed by atoms with Crippen LogP contribution in [0.5, 0.6) is 17.2 Å². The minimum Gasteiger partial charge on any atom is -0.508 e. The van der Waals surface area contributed by atoms with E-state index in [4.69, 9.17) is 9.84 Å². The van der Waals surface area contributed by atoms with Gasteiger partial charge < -0.3 is 14.9 Å². The average molecular weight is 431 g/mol. The number of pyridine rings is 1. The second-order valence-electron chi connectivity index (χ2n) is 6.81. The smallest absolute Gasteiger partial charge is 0.331 e. The Morgan fingerprint density at radius 1 is 1.10 bits per heavy atom. The first kappa shape index (κ1) is 20.3. The summed E-state index contributed by atoms with van der Waals surface area (Å²) in [6.45, 7) is 1.52. The molecule has 0 radical (unpaired) electrons. The van der Waals surface area contributed by atoms with Gasteiger partial charge in [-0.2, -0.15) is 0 Å². The lowest BCUT2D eigenvalue weighted by molar-refractivity contribution is -0.132. The maximum Gasteiger partial charge on any atom is 0.331 e. The SMILES string of the molecule is C/C(=C\c1ccc(Oc2c(C(=O)c3cccs3)cnc3cc(O)ccc23)cc1)C(=O)O. The van der Waals surface area contributed by atoms with E-state index in [0.29, 0.717) is 38.4 Å². The molecule has 2 aromatic carbocycles. The van der Waals surface area contributed by atoms with E-state index in [1.165, 1.54) is 36.6 Å². The minimum atomic E-state index is -0.983. The van der Waals surface area contributed by atoms with Crippen molar-refractivity contribution >= 4 is 40.1 Å². The Morgan fingerprint density at radius 2 is 1.87 bits per heavy atom. The number of ketones is 1. The fourth-order valence-electron chi connectivity index (χ4n) is 3.03. The molecular weight excluding hydrogens is 414 g/mol. The highest BCUT2D eigenvalue weighted by atomic mass is 32.1. The largest absolute Gasteiger partial charge is 0.508 e. The maximum absolute atomic E-state index is 13.0. The number of phenolic OH excluding ortho intramolecular Hbond substituents is 1. The van der Waals surface area contributed by atoms with Crippen molar-refractivity contribution in [2.75, 3.05) is 0 Å². The van der Waals surface area contributed by atoms with E-state index >= 15 is 0 Å². The summed E-state index contributed by atoms with van der Waals surface area (Å²) in [6, 6.07) is 15.1. The normalized spacial score (nSPS) is 11.5. The number of phenols is 1. The number of carboxylic acids is 1. The summed E-state index contributed by atoms with van der Waals surface area (Å²) in [6.07, 6.45) is 3.01. The number of carbonyl (C=O) groups is 2. The first-order valence-electron chi connectivity index (χ1n) is 9.32. The van der Waals surface area contributed by atoms with Crippen molar-refractivity contribution in [2.45, 2.75) is 6.92 Å². The van der Waals surface area contributed by atoms with Crippen molar-refractivity contribution in [1.82, 2.24) is 4.98 Å². The number of ether oxygens (including phenoxy) is 1. The lowest BCUT2D eigenvalue weighted by Gasteiger charge is -2.13. The highest BCUT2D eigenvalue weighted by Crippen LogP contribution is 2.35. The molecule has 0 aliphatic rings. The Kier molecular flexibility index (Phi) is 5.51. The molecule has 0 atom stereocenters. The van der Waals surface area contributed by atoms with Crippen molar-refractivity contribution < 1.29 is 24.5 Å². The number of rotatable bonds is 6. The zero-order valence-electron chi connectivity index (χ0n) is 16.4. The van der Waals surface area contributed by atoms with Crippen LogP contribution >= 0.6 is 11.3 Å². The predicted octanol–water partition coefficient (Wildman–Crippen LogP) is 5.51. The molecule has 0 bridgehead atoms. The number of hydrogen-bond donors (Lipinski definition) is 2. The zero-order valence-corrected chi connectivity index (χ0v) is 17.2. The molecule has 2 heterocycles. The zero-order chi connectivity index (χ0) is 22.0. The molecule has 4 aromatic rings. The van der Waals surface area contributed by atoms with Crippen LogP contribution in [0.4, 0.5) is 0 Å². The van der Waals surface area contributed by atoms with Crippen molar-refractivity contribution in [3.05, 3.63) is 87.8 Å². The number of aliphatic carboxylic acids is 1. The molecule has 7 heteroatoms. The Labute approximate surface area is 181 Å². The molecule has 0 fully saturated rings. The van der Waals surface area contributed by atoms with Crippen molar-refractivity contribution in [3.63, 3.8) is 0 Å². The van der Waals surface area contributed by atoms with E-state index in [1.807, 2.05) is 5.38 Å². The Balaban J connectivity index is 1.76. The number of aromatic nitrogens is 1. The summed E-state index contributed by atoms with van der Waals surface area (Å²) in [5.41, 5.74) is 1.74. The molecule has 154 valence electrons. The fraction of sp³-hybridized carbons (Fsp3) is 0.0417. The summed E-state index contributed by atoms with van der Waals surface area (Å²) in [5, 5.41) is 21.2. The summed E-state index contributed by atoms with van der Waals surface area (Å²) in [5.74, 6) is -0.305. The molecule has 0 unspecified atom stereocenters. The van der Waals surface area contributed by atoms with Crippen LogP contribution < -0.4 is 4.74 Å². The summed E-state index contributed by atoms with van der Waals surface area (Å²) < 4.78 is 6.11. The van der Waals surface area contributed by atoms with Gasteiger partial charge in [0.15, 0.2) is 0 Å². The third kappa shape index (κ3) is 4.31. The Morgan fingerprint density at radius 3 is 2.55 bits per heavy atom. The average Bonchev–Trinajstić information content (AvgIpc) is 3.29. The quantitative estimate of drug-likeness (QED) is 0.308.